The molecule has 6 nitrogen and oxygen atoms in total. The number of carbonyl (C=O) groups excluding carboxylic acids is 1. The molecule has 0 heterocycles. The highest BCUT2D eigenvalue weighted by Gasteiger charge is 2.12. The first-order chi connectivity index (χ1) is 11.1. The van der Waals surface area contributed by atoms with Crippen LogP contribution in [0.15, 0.2) is 24.3 Å². The molecule has 0 saturated heterocycles. The first-order valence-corrected chi connectivity index (χ1v) is 8.32. The number of amides is 1. The molecule has 0 aliphatic rings. The minimum absolute atomic E-state index is 0.0222. The van der Waals surface area contributed by atoms with Crippen LogP contribution in [0.5, 0.6) is 0 Å². The zero-order valence-electron chi connectivity index (χ0n) is 14.0. The number of hydrogen-bond donors (Lipinski definition) is 2. The van der Waals surface area contributed by atoms with Gasteiger partial charge in [-0.25, -0.2) is 0 Å². The van der Waals surface area contributed by atoms with E-state index in [9.17, 15) is 14.9 Å². The van der Waals surface area contributed by atoms with Crippen molar-refractivity contribution >= 4 is 17.3 Å². The average Bonchev–Trinajstić information content (AvgIpc) is 2.55. The van der Waals surface area contributed by atoms with Crippen LogP contribution in [0.4, 0.5) is 11.4 Å². The molecule has 1 unspecified atom stereocenters. The van der Waals surface area contributed by atoms with Crippen LogP contribution in [0.25, 0.3) is 0 Å². The van der Waals surface area contributed by atoms with Crippen LogP contribution in [-0.4, -0.2) is 23.9 Å². The second-order valence-corrected chi connectivity index (χ2v) is 5.67. The molecular formula is C17H27N3O3. The Morgan fingerprint density at radius 3 is 2.70 bits per heavy atom. The van der Waals surface area contributed by atoms with Crippen LogP contribution in [0.3, 0.4) is 0 Å². The second kappa shape index (κ2) is 10.6. The fraction of sp³-hybridized carbons (Fsp3) is 0.588. The molecule has 1 aromatic rings. The number of rotatable bonds is 11. The number of nitrogens with one attached hydrogen (secondary N) is 2. The van der Waals surface area contributed by atoms with E-state index >= 15 is 0 Å². The van der Waals surface area contributed by atoms with Crippen molar-refractivity contribution < 1.29 is 9.72 Å². The van der Waals surface area contributed by atoms with E-state index in [4.69, 9.17) is 0 Å². The third kappa shape index (κ3) is 7.13. The molecule has 0 bridgehead atoms. The van der Waals surface area contributed by atoms with E-state index in [2.05, 4.69) is 24.5 Å². The van der Waals surface area contributed by atoms with Crippen LogP contribution in [0.1, 0.15) is 46.0 Å². The molecule has 1 rings (SSSR count). The van der Waals surface area contributed by atoms with Gasteiger partial charge in [-0.1, -0.05) is 45.2 Å². The topological polar surface area (TPSA) is 84.3 Å². The number of para-hydroxylation sites is 2. The van der Waals surface area contributed by atoms with Crippen molar-refractivity contribution in [3.05, 3.63) is 34.4 Å². The van der Waals surface area contributed by atoms with Gasteiger partial charge in [0.15, 0.2) is 0 Å². The van der Waals surface area contributed by atoms with Gasteiger partial charge in [0.05, 0.1) is 4.92 Å². The average molecular weight is 321 g/mol. The Kier molecular flexibility index (Phi) is 8.72. The molecule has 0 aliphatic heterocycles. The van der Waals surface area contributed by atoms with Gasteiger partial charge in [0.25, 0.3) is 5.69 Å². The number of carbonyl (C=O) groups is 1. The van der Waals surface area contributed by atoms with Crippen LogP contribution < -0.4 is 10.6 Å². The Balaban J connectivity index is 2.33. The van der Waals surface area contributed by atoms with Crippen molar-refractivity contribution in [2.75, 3.05) is 18.4 Å². The molecule has 0 aromatic heterocycles. The normalized spacial score (nSPS) is 11.7. The largest absolute Gasteiger partial charge is 0.379 e. The van der Waals surface area contributed by atoms with Crippen LogP contribution in [0.2, 0.25) is 0 Å². The lowest BCUT2D eigenvalue weighted by molar-refractivity contribution is -0.384. The van der Waals surface area contributed by atoms with Crippen molar-refractivity contribution in [1.29, 1.82) is 0 Å². The summed E-state index contributed by atoms with van der Waals surface area (Å²) >= 11 is 0. The zero-order valence-corrected chi connectivity index (χ0v) is 14.0. The Morgan fingerprint density at radius 1 is 1.30 bits per heavy atom. The molecule has 2 N–H and O–H groups in total. The number of benzene rings is 1. The van der Waals surface area contributed by atoms with E-state index in [-0.39, 0.29) is 11.6 Å². The number of nitrogens with zero attached hydrogens (tertiary/aromatic N) is 1. The van der Waals surface area contributed by atoms with Gasteiger partial charge in [0.2, 0.25) is 5.91 Å². The summed E-state index contributed by atoms with van der Waals surface area (Å²) in [6, 6.07) is 6.45. The number of nitro benzene ring substituents is 1. The molecule has 0 fully saturated rings. The minimum atomic E-state index is -0.429. The van der Waals surface area contributed by atoms with Gasteiger partial charge in [-0.2, -0.15) is 0 Å². The summed E-state index contributed by atoms with van der Waals surface area (Å²) < 4.78 is 0. The third-order valence-corrected chi connectivity index (χ3v) is 3.90. The van der Waals surface area contributed by atoms with E-state index in [1.807, 2.05) is 0 Å². The molecule has 128 valence electrons. The van der Waals surface area contributed by atoms with E-state index < -0.39 is 4.92 Å². The van der Waals surface area contributed by atoms with Crippen molar-refractivity contribution in [1.82, 2.24) is 5.32 Å². The van der Waals surface area contributed by atoms with E-state index in [0.717, 1.165) is 12.8 Å². The number of hydrogen-bond acceptors (Lipinski definition) is 4. The molecule has 1 amide bonds. The summed E-state index contributed by atoms with van der Waals surface area (Å²) in [6.07, 6.45) is 4.87. The number of unbranched alkanes of at least 4 members (excludes halogenated alkanes) is 1. The van der Waals surface area contributed by atoms with Crippen molar-refractivity contribution in [3.63, 3.8) is 0 Å². The van der Waals surface area contributed by atoms with E-state index in [1.54, 1.807) is 18.2 Å². The van der Waals surface area contributed by atoms with Gasteiger partial charge in [-0.3, -0.25) is 14.9 Å². The van der Waals surface area contributed by atoms with E-state index in [0.29, 0.717) is 31.1 Å². The van der Waals surface area contributed by atoms with Crippen molar-refractivity contribution in [3.8, 4) is 0 Å². The van der Waals surface area contributed by atoms with Crippen molar-refractivity contribution in [2.45, 2.75) is 46.0 Å². The second-order valence-electron chi connectivity index (χ2n) is 5.67. The quantitative estimate of drug-likeness (QED) is 0.480. The number of anilines is 1. The first kappa shape index (κ1) is 18.9. The molecule has 23 heavy (non-hydrogen) atoms. The molecule has 0 aliphatic carbocycles. The highest BCUT2D eigenvalue weighted by molar-refractivity contribution is 5.76. The maximum absolute atomic E-state index is 11.9. The van der Waals surface area contributed by atoms with Crippen LogP contribution in [0, 0.1) is 16.0 Å². The van der Waals surface area contributed by atoms with Crippen LogP contribution in [-0.2, 0) is 4.79 Å². The molecule has 1 aromatic carbocycles. The zero-order chi connectivity index (χ0) is 17.1. The lowest BCUT2D eigenvalue weighted by Crippen LogP contribution is -2.30. The number of nitro groups is 1. The van der Waals surface area contributed by atoms with Gasteiger partial charge in [-0.05, 0) is 18.4 Å². The lowest BCUT2D eigenvalue weighted by atomic mass is 9.99. The summed E-state index contributed by atoms with van der Waals surface area (Å²) in [7, 11) is 0. The molecule has 1 atom stereocenters. The summed E-state index contributed by atoms with van der Waals surface area (Å²) in [5.74, 6) is 0.508. The molecule has 0 spiro atoms. The molecular weight excluding hydrogens is 294 g/mol. The summed E-state index contributed by atoms with van der Waals surface area (Å²) in [5, 5.41) is 16.8. The minimum Gasteiger partial charge on any atom is -0.379 e. The lowest BCUT2D eigenvalue weighted by Gasteiger charge is -2.15. The van der Waals surface area contributed by atoms with Crippen LogP contribution >= 0.6 is 0 Å². The molecule has 0 radical (unpaired) electrons. The van der Waals surface area contributed by atoms with Gasteiger partial charge in [0, 0.05) is 25.6 Å². The summed E-state index contributed by atoms with van der Waals surface area (Å²) in [6.45, 7) is 5.39. The summed E-state index contributed by atoms with van der Waals surface area (Å²) in [5.41, 5.74) is 0.471. The SMILES string of the molecule is CCCCC(CC)CNC(=O)CCNc1ccccc1[N+](=O)[O-]. The fourth-order valence-corrected chi connectivity index (χ4v) is 2.38. The predicted octanol–water partition coefficient (Wildman–Crippen LogP) is 3.73. The van der Waals surface area contributed by atoms with Crippen molar-refractivity contribution in [2.24, 2.45) is 5.92 Å². The Labute approximate surface area is 137 Å². The Hall–Kier alpha value is -2.11. The molecule has 0 saturated carbocycles. The van der Waals surface area contributed by atoms with Gasteiger partial charge < -0.3 is 10.6 Å². The first-order valence-electron chi connectivity index (χ1n) is 8.32. The molecule has 6 heteroatoms. The maximum Gasteiger partial charge on any atom is 0.292 e. The van der Waals surface area contributed by atoms with Gasteiger partial charge in [0.1, 0.15) is 5.69 Å². The highest BCUT2D eigenvalue weighted by Crippen LogP contribution is 2.22. The van der Waals surface area contributed by atoms with Gasteiger partial charge in [-0.15, -0.1) is 0 Å². The smallest absolute Gasteiger partial charge is 0.292 e. The Bertz CT molecular complexity index is 506. The standard InChI is InChI=1S/C17H27N3O3/c1-3-5-8-14(4-2)13-19-17(21)11-12-18-15-9-6-7-10-16(15)20(22)23/h6-7,9-10,14,18H,3-5,8,11-13H2,1-2H3,(H,19,21). The third-order valence-electron chi connectivity index (χ3n) is 3.90. The van der Waals surface area contributed by atoms with E-state index in [1.165, 1.54) is 18.9 Å². The van der Waals surface area contributed by atoms with Gasteiger partial charge >= 0.3 is 0 Å². The Morgan fingerprint density at radius 2 is 2.04 bits per heavy atom. The fourth-order valence-electron chi connectivity index (χ4n) is 2.38. The maximum atomic E-state index is 11.9. The highest BCUT2D eigenvalue weighted by atomic mass is 16.6. The monoisotopic (exact) mass is 321 g/mol. The predicted molar refractivity (Wildman–Crippen MR) is 92.5 cm³/mol. The summed E-state index contributed by atoms with van der Waals surface area (Å²) in [4.78, 5) is 22.3.